The molecule has 0 bridgehead atoms. The van der Waals surface area contributed by atoms with Crippen molar-refractivity contribution in [3.63, 3.8) is 0 Å². The summed E-state index contributed by atoms with van der Waals surface area (Å²) in [5.41, 5.74) is 1.63. The third-order valence-corrected chi connectivity index (χ3v) is 3.28. The van der Waals surface area contributed by atoms with E-state index < -0.39 is 37.3 Å². The highest BCUT2D eigenvalue weighted by atomic mass is 16.7. The first-order chi connectivity index (χ1) is 10.4. The summed E-state index contributed by atoms with van der Waals surface area (Å²) in [4.78, 5) is 0. The van der Waals surface area contributed by atoms with E-state index in [0.29, 0.717) is 0 Å². The Balaban J connectivity index is 2.55. The van der Waals surface area contributed by atoms with Gasteiger partial charge in [-0.1, -0.05) is 37.5 Å². The van der Waals surface area contributed by atoms with Crippen LogP contribution in [0.15, 0.2) is 48.6 Å². The fourth-order valence-corrected chi connectivity index (χ4v) is 1.87. The Morgan fingerprint density at radius 1 is 1.23 bits per heavy atom. The molecule has 0 aromatic carbocycles. The first-order valence-electron chi connectivity index (χ1n) is 6.98. The van der Waals surface area contributed by atoms with Gasteiger partial charge in [0.2, 0.25) is 0 Å². The lowest BCUT2D eigenvalue weighted by Gasteiger charge is -2.39. The van der Waals surface area contributed by atoms with Gasteiger partial charge in [-0.2, -0.15) is 0 Å². The third kappa shape index (κ3) is 5.17. The topological polar surface area (TPSA) is 99.4 Å². The number of ether oxygens (including phenoxy) is 2. The summed E-state index contributed by atoms with van der Waals surface area (Å²) in [5, 5.41) is 38.2. The van der Waals surface area contributed by atoms with E-state index in [-0.39, 0.29) is 6.61 Å². The molecule has 124 valence electrons. The van der Waals surface area contributed by atoms with Gasteiger partial charge in [-0.3, -0.25) is 0 Å². The third-order valence-electron chi connectivity index (χ3n) is 3.28. The first kappa shape index (κ1) is 18.8. The van der Waals surface area contributed by atoms with Crippen LogP contribution in [0.5, 0.6) is 0 Å². The van der Waals surface area contributed by atoms with E-state index in [1.54, 1.807) is 24.3 Å². The van der Waals surface area contributed by atoms with Crippen molar-refractivity contribution in [3.8, 4) is 0 Å². The van der Waals surface area contributed by atoms with Crippen LogP contribution in [0.25, 0.3) is 0 Å². The fraction of sp³-hybridized carbons (Fsp3) is 0.500. The monoisotopic (exact) mass is 312 g/mol. The lowest BCUT2D eigenvalue weighted by molar-refractivity contribution is -0.299. The minimum atomic E-state index is -1.43. The minimum Gasteiger partial charge on any atom is -0.394 e. The fourth-order valence-electron chi connectivity index (χ4n) is 1.87. The molecule has 0 spiro atoms. The SMILES string of the molecule is C=CC(=C)C=CC=C(C)COC1O[C@H](CO)[C@@H](O)[C@H](O)[C@H]1O. The van der Waals surface area contributed by atoms with Gasteiger partial charge < -0.3 is 29.9 Å². The molecular weight excluding hydrogens is 288 g/mol. The predicted octanol–water partition coefficient (Wildman–Crippen LogP) is 0.0476. The molecule has 1 aliphatic rings. The van der Waals surface area contributed by atoms with E-state index in [0.717, 1.165) is 11.1 Å². The zero-order chi connectivity index (χ0) is 16.7. The van der Waals surface area contributed by atoms with Gasteiger partial charge in [0.15, 0.2) is 6.29 Å². The Morgan fingerprint density at radius 2 is 1.91 bits per heavy atom. The average molecular weight is 312 g/mol. The molecule has 0 amide bonds. The molecule has 1 fully saturated rings. The molecule has 0 aromatic heterocycles. The predicted molar refractivity (Wildman–Crippen MR) is 82.0 cm³/mol. The molecular formula is C16H24O6. The highest BCUT2D eigenvalue weighted by molar-refractivity contribution is 5.28. The van der Waals surface area contributed by atoms with Crippen LogP contribution in [0.1, 0.15) is 6.92 Å². The van der Waals surface area contributed by atoms with Crippen molar-refractivity contribution in [2.45, 2.75) is 37.6 Å². The molecule has 0 radical (unpaired) electrons. The van der Waals surface area contributed by atoms with Crippen molar-refractivity contribution >= 4 is 0 Å². The summed E-state index contributed by atoms with van der Waals surface area (Å²) < 4.78 is 10.6. The van der Waals surface area contributed by atoms with E-state index >= 15 is 0 Å². The molecule has 0 aliphatic carbocycles. The van der Waals surface area contributed by atoms with Gasteiger partial charge in [0.25, 0.3) is 0 Å². The zero-order valence-corrected chi connectivity index (χ0v) is 12.6. The molecule has 22 heavy (non-hydrogen) atoms. The largest absolute Gasteiger partial charge is 0.394 e. The Bertz CT molecular complexity index is 440. The van der Waals surface area contributed by atoms with Crippen molar-refractivity contribution in [1.82, 2.24) is 0 Å². The van der Waals surface area contributed by atoms with Crippen LogP contribution in [-0.4, -0.2) is 64.3 Å². The summed E-state index contributed by atoms with van der Waals surface area (Å²) >= 11 is 0. The summed E-state index contributed by atoms with van der Waals surface area (Å²) in [7, 11) is 0. The van der Waals surface area contributed by atoms with Crippen molar-refractivity contribution in [1.29, 1.82) is 0 Å². The number of hydrogen-bond acceptors (Lipinski definition) is 6. The number of aliphatic hydroxyl groups excluding tert-OH is 4. The van der Waals surface area contributed by atoms with Crippen LogP contribution < -0.4 is 0 Å². The van der Waals surface area contributed by atoms with Crippen LogP contribution >= 0.6 is 0 Å². The van der Waals surface area contributed by atoms with Crippen LogP contribution in [0, 0.1) is 0 Å². The standard InChI is InChI=1S/C16H24O6/c1-4-10(2)6-5-7-11(3)9-21-16-15(20)14(19)13(18)12(8-17)22-16/h4-7,12-20H,1-2,8-9H2,3H3/t12-,13-,14+,15-,16?/m1/s1. The Kier molecular flexibility index (Phi) is 7.67. The highest BCUT2D eigenvalue weighted by Gasteiger charge is 2.43. The number of rotatable bonds is 7. The summed E-state index contributed by atoms with van der Waals surface area (Å²) in [6.07, 6.45) is 0.708. The van der Waals surface area contributed by atoms with Crippen molar-refractivity contribution in [3.05, 3.63) is 48.6 Å². The lowest BCUT2D eigenvalue weighted by atomic mass is 9.99. The molecule has 6 heteroatoms. The molecule has 1 unspecified atom stereocenters. The Labute approximate surface area is 130 Å². The highest BCUT2D eigenvalue weighted by Crippen LogP contribution is 2.22. The van der Waals surface area contributed by atoms with Gasteiger partial charge in [0, 0.05) is 0 Å². The normalized spacial score (nSPS) is 33.1. The van der Waals surface area contributed by atoms with Crippen molar-refractivity contribution in [2.24, 2.45) is 0 Å². The van der Waals surface area contributed by atoms with E-state index in [2.05, 4.69) is 13.2 Å². The second kappa shape index (κ2) is 8.99. The van der Waals surface area contributed by atoms with Crippen LogP contribution in [-0.2, 0) is 9.47 Å². The Morgan fingerprint density at radius 3 is 2.50 bits per heavy atom. The van der Waals surface area contributed by atoms with Crippen LogP contribution in [0.4, 0.5) is 0 Å². The Hall–Kier alpha value is -1.28. The van der Waals surface area contributed by atoms with Crippen LogP contribution in [0.2, 0.25) is 0 Å². The maximum absolute atomic E-state index is 9.82. The summed E-state index contributed by atoms with van der Waals surface area (Å²) in [6.45, 7) is 8.83. The molecule has 5 atom stereocenters. The van der Waals surface area contributed by atoms with Crippen LogP contribution in [0.3, 0.4) is 0 Å². The summed E-state index contributed by atoms with van der Waals surface area (Å²) in [5.74, 6) is 0. The molecule has 1 saturated heterocycles. The van der Waals surface area contributed by atoms with E-state index in [1.165, 1.54) is 0 Å². The minimum absolute atomic E-state index is 0.160. The van der Waals surface area contributed by atoms with Gasteiger partial charge in [-0.25, -0.2) is 0 Å². The number of allylic oxidation sites excluding steroid dienone is 5. The molecule has 4 N–H and O–H groups in total. The van der Waals surface area contributed by atoms with Gasteiger partial charge in [0.05, 0.1) is 13.2 Å². The molecule has 1 aliphatic heterocycles. The van der Waals surface area contributed by atoms with Crippen molar-refractivity contribution < 1.29 is 29.9 Å². The molecule has 6 nitrogen and oxygen atoms in total. The number of hydrogen-bond donors (Lipinski definition) is 4. The maximum Gasteiger partial charge on any atom is 0.187 e. The summed E-state index contributed by atoms with van der Waals surface area (Å²) in [6, 6.07) is 0. The second-order valence-corrected chi connectivity index (χ2v) is 5.16. The zero-order valence-electron chi connectivity index (χ0n) is 12.6. The van der Waals surface area contributed by atoms with Gasteiger partial charge in [0.1, 0.15) is 24.4 Å². The maximum atomic E-state index is 9.82. The number of aliphatic hydroxyl groups is 4. The van der Waals surface area contributed by atoms with Crippen molar-refractivity contribution in [2.75, 3.05) is 13.2 Å². The van der Waals surface area contributed by atoms with E-state index in [9.17, 15) is 15.3 Å². The van der Waals surface area contributed by atoms with E-state index in [4.69, 9.17) is 14.6 Å². The first-order valence-corrected chi connectivity index (χ1v) is 6.98. The second-order valence-electron chi connectivity index (χ2n) is 5.16. The molecule has 0 saturated carbocycles. The lowest BCUT2D eigenvalue weighted by Crippen LogP contribution is -2.59. The van der Waals surface area contributed by atoms with E-state index in [1.807, 2.05) is 6.92 Å². The molecule has 0 aromatic rings. The van der Waals surface area contributed by atoms with Gasteiger partial charge >= 0.3 is 0 Å². The van der Waals surface area contributed by atoms with Gasteiger partial charge in [-0.05, 0) is 18.1 Å². The van der Waals surface area contributed by atoms with Gasteiger partial charge in [-0.15, -0.1) is 0 Å². The smallest absolute Gasteiger partial charge is 0.187 e. The average Bonchev–Trinajstić information content (AvgIpc) is 2.51. The molecule has 1 heterocycles. The molecule has 1 rings (SSSR count). The quantitative estimate of drug-likeness (QED) is 0.496.